The minimum Gasteiger partial charge on any atom is -0.365 e. The molecule has 7 heteroatoms. The Balaban J connectivity index is 1.28. The van der Waals surface area contributed by atoms with Crippen molar-refractivity contribution in [3.05, 3.63) is 215 Å². The van der Waals surface area contributed by atoms with Crippen molar-refractivity contribution in [2.45, 2.75) is 51.6 Å². The van der Waals surface area contributed by atoms with Crippen molar-refractivity contribution in [3.63, 3.8) is 0 Å². The van der Waals surface area contributed by atoms with Crippen LogP contribution in [0.1, 0.15) is 33.4 Å². The van der Waals surface area contributed by atoms with Gasteiger partial charge in [-0.1, -0.05) is 182 Å². The fraction of sp³-hybridized carbons (Fsp3) is 0.217. The summed E-state index contributed by atoms with van der Waals surface area (Å²) in [5, 5.41) is 0. The fourth-order valence-electron chi connectivity index (χ4n) is 5.41. The van der Waals surface area contributed by atoms with Crippen LogP contribution in [0.4, 0.5) is 0 Å². The molecule has 0 aliphatic heterocycles. The first kappa shape index (κ1) is 37.8. The van der Waals surface area contributed by atoms with Crippen molar-refractivity contribution >= 4 is 0 Å². The Morgan fingerprint density at radius 2 is 0.415 bits per heavy atom. The lowest BCUT2D eigenvalue weighted by molar-refractivity contribution is -0.432. The van der Waals surface area contributed by atoms with Crippen molar-refractivity contribution in [1.82, 2.24) is 0 Å². The predicted octanol–water partition coefficient (Wildman–Crippen LogP) is 9.61. The molecule has 0 spiro atoms. The van der Waals surface area contributed by atoms with Crippen LogP contribution in [0.15, 0.2) is 182 Å². The van der Waals surface area contributed by atoms with Gasteiger partial charge in [0.15, 0.2) is 0 Å². The van der Waals surface area contributed by atoms with Crippen molar-refractivity contribution in [2.24, 2.45) is 0 Å². The maximum absolute atomic E-state index is 6.57. The van der Waals surface area contributed by atoms with Crippen LogP contribution < -0.4 is 0 Å². The first-order valence-electron chi connectivity index (χ1n) is 17.8. The third-order valence-electron chi connectivity index (χ3n) is 8.37. The molecule has 0 unspecified atom stereocenters. The summed E-state index contributed by atoms with van der Waals surface area (Å²) in [6.45, 7) is 1.07. The number of benzene rings is 6. The van der Waals surface area contributed by atoms with Gasteiger partial charge in [0.25, 0.3) is 0 Å². The molecular formula is C46H46O7. The van der Waals surface area contributed by atoms with E-state index in [0.29, 0.717) is 0 Å². The molecule has 0 aromatic heterocycles. The summed E-state index contributed by atoms with van der Waals surface area (Å²) in [5.74, 6) is -3.24. The van der Waals surface area contributed by atoms with Crippen LogP contribution in [-0.4, -0.2) is 25.2 Å². The molecule has 0 aliphatic carbocycles. The second-order valence-corrected chi connectivity index (χ2v) is 12.5. The van der Waals surface area contributed by atoms with Gasteiger partial charge in [0.2, 0.25) is 0 Å². The molecule has 6 aromatic rings. The molecule has 0 N–H and O–H groups in total. The van der Waals surface area contributed by atoms with E-state index in [4.69, 9.17) is 33.2 Å². The van der Waals surface area contributed by atoms with Gasteiger partial charge < -0.3 is 33.2 Å². The fourth-order valence-corrected chi connectivity index (χ4v) is 5.41. The SMILES string of the molecule is c1ccc(COC(COCC(OCc2ccccc2)(OCc2ccccc2)OCc2ccccc2)(OCc2ccccc2)OCc2ccccc2)cc1. The maximum Gasteiger partial charge on any atom is 0.308 e. The summed E-state index contributed by atoms with van der Waals surface area (Å²) in [7, 11) is 0. The van der Waals surface area contributed by atoms with E-state index in [0.717, 1.165) is 33.4 Å². The molecule has 272 valence electrons. The van der Waals surface area contributed by atoms with Gasteiger partial charge in [0.1, 0.15) is 13.2 Å². The lowest BCUT2D eigenvalue weighted by Crippen LogP contribution is -2.48. The molecule has 0 radical (unpaired) electrons. The molecule has 6 rings (SSSR count). The van der Waals surface area contributed by atoms with E-state index < -0.39 is 11.9 Å². The molecule has 0 fully saturated rings. The van der Waals surface area contributed by atoms with Crippen molar-refractivity contribution in [3.8, 4) is 0 Å². The molecule has 0 saturated carbocycles. The van der Waals surface area contributed by atoms with Gasteiger partial charge in [-0.3, -0.25) is 0 Å². The highest BCUT2D eigenvalue weighted by atomic mass is 16.9. The Morgan fingerprint density at radius 3 is 0.585 bits per heavy atom. The van der Waals surface area contributed by atoms with Crippen molar-refractivity contribution < 1.29 is 33.2 Å². The lowest BCUT2D eigenvalue weighted by Gasteiger charge is -2.36. The molecule has 6 aromatic carbocycles. The largest absolute Gasteiger partial charge is 0.365 e. The van der Waals surface area contributed by atoms with Gasteiger partial charge in [-0.15, -0.1) is 0 Å². The maximum atomic E-state index is 6.57. The lowest BCUT2D eigenvalue weighted by atomic mass is 10.2. The van der Waals surface area contributed by atoms with Crippen LogP contribution in [0.25, 0.3) is 0 Å². The second kappa shape index (κ2) is 20.3. The second-order valence-electron chi connectivity index (χ2n) is 12.5. The zero-order valence-electron chi connectivity index (χ0n) is 29.8. The smallest absolute Gasteiger partial charge is 0.308 e. The summed E-state index contributed by atoms with van der Waals surface area (Å²) in [4.78, 5) is 0. The average Bonchev–Trinajstić information content (AvgIpc) is 3.24. The number of ether oxygens (including phenoxy) is 7. The van der Waals surface area contributed by atoms with Gasteiger partial charge in [0, 0.05) is 0 Å². The standard InChI is InChI=1S/C46H46O7/c1-7-19-39(20-8-1)31-48-45(49-32-40-21-9-2-10-22-40,50-33-41-23-11-3-12-24-41)37-47-38-46(51-34-42-25-13-4-14-26-42,52-35-43-27-15-5-16-28-43)53-36-44-29-17-6-18-30-44/h1-30H,31-38H2. The predicted molar refractivity (Wildman–Crippen MR) is 204 cm³/mol. The van der Waals surface area contributed by atoms with Gasteiger partial charge in [-0.2, -0.15) is 0 Å². The van der Waals surface area contributed by atoms with E-state index in [1.807, 2.05) is 182 Å². The summed E-state index contributed by atoms with van der Waals surface area (Å²) in [6, 6.07) is 59.4. The Morgan fingerprint density at radius 1 is 0.245 bits per heavy atom. The van der Waals surface area contributed by atoms with Crippen molar-refractivity contribution in [1.29, 1.82) is 0 Å². The van der Waals surface area contributed by atoms with Crippen LogP contribution in [0.5, 0.6) is 0 Å². The van der Waals surface area contributed by atoms with E-state index in [-0.39, 0.29) is 52.9 Å². The number of hydrogen-bond donors (Lipinski definition) is 0. The third-order valence-corrected chi connectivity index (χ3v) is 8.37. The molecule has 0 heterocycles. The summed E-state index contributed by atoms with van der Waals surface area (Å²) < 4.78 is 46.0. The number of rotatable bonds is 22. The van der Waals surface area contributed by atoms with Crippen molar-refractivity contribution in [2.75, 3.05) is 13.2 Å². The molecule has 0 aliphatic rings. The average molecular weight is 711 g/mol. The quantitative estimate of drug-likeness (QED) is 0.0651. The highest BCUT2D eigenvalue weighted by Crippen LogP contribution is 2.27. The Hall–Kier alpha value is -4.96. The van der Waals surface area contributed by atoms with E-state index in [2.05, 4.69) is 0 Å². The highest BCUT2D eigenvalue weighted by molar-refractivity contribution is 5.17. The summed E-state index contributed by atoms with van der Waals surface area (Å²) in [6.07, 6.45) is 0. The third kappa shape index (κ3) is 12.6. The molecule has 0 atom stereocenters. The summed E-state index contributed by atoms with van der Waals surface area (Å²) in [5.41, 5.74) is 5.76. The van der Waals surface area contributed by atoms with E-state index in [1.54, 1.807) is 0 Å². The van der Waals surface area contributed by atoms with E-state index in [9.17, 15) is 0 Å². The Kier molecular flexibility index (Phi) is 14.5. The van der Waals surface area contributed by atoms with Crippen LogP contribution in [-0.2, 0) is 72.8 Å². The van der Waals surface area contributed by atoms with Crippen LogP contribution in [0, 0.1) is 0 Å². The molecule has 0 bridgehead atoms. The summed E-state index contributed by atoms with van der Waals surface area (Å²) >= 11 is 0. The van der Waals surface area contributed by atoms with Crippen LogP contribution in [0.3, 0.4) is 0 Å². The topological polar surface area (TPSA) is 64.6 Å². The Bertz CT molecular complexity index is 1490. The normalized spacial score (nSPS) is 11.8. The molecule has 7 nitrogen and oxygen atoms in total. The minimum atomic E-state index is -1.62. The van der Waals surface area contributed by atoms with E-state index >= 15 is 0 Å². The van der Waals surface area contributed by atoms with Gasteiger partial charge >= 0.3 is 11.9 Å². The zero-order chi connectivity index (χ0) is 36.3. The molecule has 53 heavy (non-hydrogen) atoms. The molecule has 0 saturated heterocycles. The minimum absolute atomic E-state index is 0.126. The first-order valence-corrected chi connectivity index (χ1v) is 17.8. The number of hydrogen-bond acceptors (Lipinski definition) is 7. The monoisotopic (exact) mass is 710 g/mol. The zero-order valence-corrected chi connectivity index (χ0v) is 29.8. The van der Waals surface area contributed by atoms with Crippen LogP contribution >= 0.6 is 0 Å². The van der Waals surface area contributed by atoms with E-state index in [1.165, 1.54) is 0 Å². The van der Waals surface area contributed by atoms with Gasteiger partial charge in [-0.25, -0.2) is 0 Å². The van der Waals surface area contributed by atoms with Gasteiger partial charge in [0.05, 0.1) is 39.6 Å². The van der Waals surface area contributed by atoms with Crippen LogP contribution in [0.2, 0.25) is 0 Å². The molecule has 0 amide bonds. The Labute approximate surface area is 312 Å². The first-order chi connectivity index (χ1) is 26.2. The van der Waals surface area contributed by atoms with Gasteiger partial charge in [-0.05, 0) is 33.4 Å². The molecular weight excluding hydrogens is 664 g/mol. The highest BCUT2D eigenvalue weighted by Gasteiger charge is 2.40.